The molecule has 4 nitrogen and oxygen atoms in total. The number of rotatable bonds is 2. The Hall–Kier alpha value is -1.71. The Balaban J connectivity index is 1.73. The van der Waals surface area contributed by atoms with E-state index in [1.807, 2.05) is 18.2 Å². The van der Waals surface area contributed by atoms with E-state index in [2.05, 4.69) is 10.6 Å². The van der Waals surface area contributed by atoms with Crippen molar-refractivity contribution in [2.75, 3.05) is 11.9 Å². The Labute approximate surface area is 94.0 Å². The smallest absolute Gasteiger partial charge is 0.319 e. The molecule has 2 N–H and O–H groups in total. The first-order valence-corrected chi connectivity index (χ1v) is 5.65. The van der Waals surface area contributed by atoms with Gasteiger partial charge in [0.15, 0.2) is 0 Å². The van der Waals surface area contributed by atoms with Crippen LogP contribution < -0.4 is 15.4 Å². The SMILES string of the molecule is O=C(Nc1cccc2c1OCC2)NC1CC1. The third-order valence-electron chi connectivity index (χ3n) is 2.88. The molecule has 0 atom stereocenters. The molecule has 1 fully saturated rings. The van der Waals surface area contributed by atoms with Gasteiger partial charge in [-0.05, 0) is 24.5 Å². The third kappa shape index (κ3) is 1.83. The number of ether oxygens (including phenoxy) is 1. The highest BCUT2D eigenvalue weighted by atomic mass is 16.5. The fraction of sp³-hybridized carbons (Fsp3) is 0.417. The van der Waals surface area contributed by atoms with Crippen molar-refractivity contribution in [3.8, 4) is 5.75 Å². The number of fused-ring (bicyclic) bond motifs is 1. The van der Waals surface area contributed by atoms with Crippen molar-refractivity contribution in [1.29, 1.82) is 0 Å². The second-order valence-corrected chi connectivity index (χ2v) is 4.27. The molecule has 0 bridgehead atoms. The zero-order chi connectivity index (χ0) is 11.0. The van der Waals surface area contributed by atoms with Crippen LogP contribution in [-0.2, 0) is 6.42 Å². The van der Waals surface area contributed by atoms with Crippen LogP contribution in [-0.4, -0.2) is 18.7 Å². The van der Waals surface area contributed by atoms with E-state index in [9.17, 15) is 4.79 Å². The predicted octanol–water partition coefficient (Wildman–Crippen LogP) is 1.91. The Kier molecular flexibility index (Phi) is 2.20. The van der Waals surface area contributed by atoms with Gasteiger partial charge in [0.05, 0.1) is 12.3 Å². The van der Waals surface area contributed by atoms with Crippen molar-refractivity contribution in [2.24, 2.45) is 0 Å². The summed E-state index contributed by atoms with van der Waals surface area (Å²) < 4.78 is 5.51. The molecule has 1 aromatic rings. The number of anilines is 1. The van der Waals surface area contributed by atoms with Crippen molar-refractivity contribution in [3.63, 3.8) is 0 Å². The normalized spacial score (nSPS) is 17.5. The van der Waals surface area contributed by atoms with E-state index in [1.54, 1.807) is 0 Å². The summed E-state index contributed by atoms with van der Waals surface area (Å²) >= 11 is 0. The van der Waals surface area contributed by atoms with Gasteiger partial charge in [-0.1, -0.05) is 12.1 Å². The van der Waals surface area contributed by atoms with Gasteiger partial charge in [0.2, 0.25) is 0 Å². The number of hydrogen-bond donors (Lipinski definition) is 2. The number of amides is 2. The number of hydrogen-bond acceptors (Lipinski definition) is 2. The number of nitrogens with one attached hydrogen (secondary N) is 2. The van der Waals surface area contributed by atoms with E-state index >= 15 is 0 Å². The number of para-hydroxylation sites is 1. The summed E-state index contributed by atoms with van der Waals surface area (Å²) in [5, 5.41) is 5.73. The summed E-state index contributed by atoms with van der Waals surface area (Å²) in [6.45, 7) is 0.707. The summed E-state index contributed by atoms with van der Waals surface area (Å²) in [4.78, 5) is 11.6. The average molecular weight is 218 g/mol. The molecule has 1 saturated carbocycles. The third-order valence-corrected chi connectivity index (χ3v) is 2.88. The second-order valence-electron chi connectivity index (χ2n) is 4.27. The first-order valence-electron chi connectivity index (χ1n) is 5.65. The summed E-state index contributed by atoms with van der Waals surface area (Å²) in [6, 6.07) is 6.09. The molecule has 1 aliphatic heterocycles. The van der Waals surface area contributed by atoms with Gasteiger partial charge in [0.25, 0.3) is 0 Å². The molecular weight excluding hydrogens is 204 g/mol. The van der Waals surface area contributed by atoms with Crippen LogP contribution in [0.2, 0.25) is 0 Å². The van der Waals surface area contributed by atoms with Crippen LogP contribution in [0.15, 0.2) is 18.2 Å². The molecule has 0 aromatic heterocycles. The van der Waals surface area contributed by atoms with E-state index < -0.39 is 0 Å². The fourth-order valence-electron chi connectivity index (χ4n) is 1.89. The fourth-order valence-corrected chi connectivity index (χ4v) is 1.89. The van der Waals surface area contributed by atoms with Gasteiger partial charge in [0, 0.05) is 12.5 Å². The van der Waals surface area contributed by atoms with Gasteiger partial charge in [0.1, 0.15) is 5.75 Å². The topological polar surface area (TPSA) is 50.4 Å². The van der Waals surface area contributed by atoms with Gasteiger partial charge >= 0.3 is 6.03 Å². The Morgan fingerprint density at radius 1 is 1.38 bits per heavy atom. The second kappa shape index (κ2) is 3.70. The van der Waals surface area contributed by atoms with Crippen LogP contribution in [0.3, 0.4) is 0 Å². The Morgan fingerprint density at radius 2 is 2.25 bits per heavy atom. The van der Waals surface area contributed by atoms with Crippen molar-refractivity contribution >= 4 is 11.7 Å². The molecule has 0 unspecified atom stereocenters. The zero-order valence-electron chi connectivity index (χ0n) is 8.95. The molecule has 0 saturated heterocycles. The highest BCUT2D eigenvalue weighted by molar-refractivity contribution is 5.91. The molecule has 1 heterocycles. The van der Waals surface area contributed by atoms with E-state index in [4.69, 9.17) is 4.74 Å². The molecule has 0 spiro atoms. The molecule has 3 rings (SSSR count). The lowest BCUT2D eigenvalue weighted by Crippen LogP contribution is -2.30. The van der Waals surface area contributed by atoms with Crippen LogP contribution in [0, 0.1) is 0 Å². The van der Waals surface area contributed by atoms with Crippen molar-refractivity contribution < 1.29 is 9.53 Å². The molecule has 1 aliphatic carbocycles. The lowest BCUT2D eigenvalue weighted by atomic mass is 10.1. The highest BCUT2D eigenvalue weighted by Gasteiger charge is 2.24. The standard InChI is InChI=1S/C12H14N2O2/c15-12(13-9-4-5-9)14-10-3-1-2-8-6-7-16-11(8)10/h1-3,9H,4-7H2,(H2,13,14,15). The van der Waals surface area contributed by atoms with E-state index in [1.165, 1.54) is 5.56 Å². The lowest BCUT2D eigenvalue weighted by Gasteiger charge is -2.10. The van der Waals surface area contributed by atoms with Crippen molar-refractivity contribution in [1.82, 2.24) is 5.32 Å². The molecule has 84 valence electrons. The molecule has 4 heteroatoms. The summed E-state index contributed by atoms with van der Waals surface area (Å²) in [7, 11) is 0. The monoisotopic (exact) mass is 218 g/mol. The molecule has 1 aromatic carbocycles. The summed E-state index contributed by atoms with van der Waals surface area (Å²) in [5.41, 5.74) is 1.94. The number of carbonyl (C=O) groups excluding carboxylic acids is 1. The van der Waals surface area contributed by atoms with Gasteiger partial charge in [-0.2, -0.15) is 0 Å². The minimum atomic E-state index is -0.133. The first kappa shape index (κ1) is 9.51. The number of benzene rings is 1. The molecule has 2 amide bonds. The molecule has 16 heavy (non-hydrogen) atoms. The first-order chi connectivity index (χ1) is 7.83. The number of carbonyl (C=O) groups is 1. The molecular formula is C12H14N2O2. The van der Waals surface area contributed by atoms with Crippen LogP contribution in [0.1, 0.15) is 18.4 Å². The number of urea groups is 1. The summed E-state index contributed by atoms with van der Waals surface area (Å²) in [5.74, 6) is 0.827. The minimum absolute atomic E-state index is 0.133. The van der Waals surface area contributed by atoms with Gasteiger partial charge < -0.3 is 15.4 Å². The molecule has 2 aliphatic rings. The van der Waals surface area contributed by atoms with E-state index in [0.717, 1.165) is 30.7 Å². The predicted molar refractivity (Wildman–Crippen MR) is 60.8 cm³/mol. The van der Waals surface area contributed by atoms with Gasteiger partial charge in [-0.3, -0.25) is 0 Å². The van der Waals surface area contributed by atoms with Gasteiger partial charge in [-0.15, -0.1) is 0 Å². The van der Waals surface area contributed by atoms with Gasteiger partial charge in [-0.25, -0.2) is 4.79 Å². The maximum Gasteiger partial charge on any atom is 0.319 e. The van der Waals surface area contributed by atoms with Crippen LogP contribution in [0.5, 0.6) is 5.75 Å². The Bertz CT molecular complexity index is 427. The van der Waals surface area contributed by atoms with Crippen molar-refractivity contribution in [2.45, 2.75) is 25.3 Å². The summed E-state index contributed by atoms with van der Waals surface area (Å²) in [6.07, 6.45) is 3.11. The molecule has 0 radical (unpaired) electrons. The van der Waals surface area contributed by atoms with Crippen molar-refractivity contribution in [3.05, 3.63) is 23.8 Å². The highest BCUT2D eigenvalue weighted by Crippen LogP contribution is 2.33. The maximum atomic E-state index is 11.6. The van der Waals surface area contributed by atoms with Crippen LogP contribution >= 0.6 is 0 Å². The minimum Gasteiger partial charge on any atom is -0.491 e. The zero-order valence-corrected chi connectivity index (χ0v) is 8.95. The lowest BCUT2D eigenvalue weighted by molar-refractivity contribution is 0.251. The van der Waals surface area contributed by atoms with Crippen LogP contribution in [0.25, 0.3) is 0 Å². The Morgan fingerprint density at radius 3 is 3.06 bits per heavy atom. The van der Waals surface area contributed by atoms with Crippen LogP contribution in [0.4, 0.5) is 10.5 Å². The van der Waals surface area contributed by atoms with E-state index in [-0.39, 0.29) is 6.03 Å². The average Bonchev–Trinajstić information content (AvgIpc) is 2.94. The largest absolute Gasteiger partial charge is 0.491 e. The van der Waals surface area contributed by atoms with E-state index in [0.29, 0.717) is 12.6 Å². The quantitative estimate of drug-likeness (QED) is 0.796. The maximum absolute atomic E-state index is 11.6.